The Morgan fingerprint density at radius 2 is 1.76 bits per heavy atom. The van der Waals surface area contributed by atoms with Crippen LogP contribution in [0.25, 0.3) is 10.9 Å². The van der Waals surface area contributed by atoms with Gasteiger partial charge in [0.1, 0.15) is 17.4 Å². The molecule has 0 unspecified atom stereocenters. The number of aromatic nitrogens is 2. The Labute approximate surface area is 168 Å². The zero-order valence-corrected chi connectivity index (χ0v) is 16.2. The second kappa shape index (κ2) is 8.14. The Hall–Kier alpha value is -3.67. The van der Waals surface area contributed by atoms with E-state index in [0.717, 1.165) is 27.7 Å². The summed E-state index contributed by atoms with van der Waals surface area (Å²) in [7, 11) is 1.63. The molecule has 146 valence electrons. The number of anilines is 3. The third-order valence-corrected chi connectivity index (χ3v) is 4.58. The fraction of sp³-hybridized carbons (Fsp3) is 0.130. The number of rotatable bonds is 6. The number of fused-ring (bicyclic) bond motifs is 1. The van der Waals surface area contributed by atoms with Gasteiger partial charge in [-0.1, -0.05) is 30.3 Å². The molecule has 1 heterocycles. The lowest BCUT2D eigenvalue weighted by molar-refractivity contribution is 0.416. The average molecular weight is 388 g/mol. The van der Waals surface area contributed by atoms with Gasteiger partial charge in [-0.15, -0.1) is 0 Å². The number of halogens is 1. The van der Waals surface area contributed by atoms with Crippen LogP contribution in [-0.2, 0) is 6.54 Å². The molecule has 4 rings (SSSR count). The standard InChI is InChI=1S/C23H21FN4O/c1-15-7-12-21(29-2)20(13-15)27-23-26-19-6-4-3-5-18(19)22(28-23)25-14-16-8-10-17(24)11-9-16/h3-13H,14H2,1-2H3,(H2,25,26,27,28). The van der Waals surface area contributed by atoms with E-state index in [0.29, 0.717) is 24.1 Å². The van der Waals surface area contributed by atoms with Crippen LogP contribution in [0.3, 0.4) is 0 Å². The lowest BCUT2D eigenvalue weighted by Gasteiger charge is -2.14. The van der Waals surface area contributed by atoms with Crippen LogP contribution in [0.4, 0.5) is 21.8 Å². The molecule has 1 aromatic heterocycles. The summed E-state index contributed by atoms with van der Waals surface area (Å²) in [6, 6.07) is 20.1. The molecule has 0 bridgehead atoms. The molecule has 0 aliphatic rings. The van der Waals surface area contributed by atoms with Crippen LogP contribution in [0, 0.1) is 12.7 Å². The molecule has 3 aromatic carbocycles. The van der Waals surface area contributed by atoms with Crippen LogP contribution in [-0.4, -0.2) is 17.1 Å². The number of ether oxygens (including phenoxy) is 1. The summed E-state index contributed by atoms with van der Waals surface area (Å²) < 4.78 is 18.6. The van der Waals surface area contributed by atoms with Crippen LogP contribution in [0.1, 0.15) is 11.1 Å². The van der Waals surface area contributed by atoms with Crippen molar-refractivity contribution < 1.29 is 9.13 Å². The van der Waals surface area contributed by atoms with Crippen molar-refractivity contribution in [2.24, 2.45) is 0 Å². The maximum absolute atomic E-state index is 13.1. The summed E-state index contributed by atoms with van der Waals surface area (Å²) in [4.78, 5) is 9.31. The molecule has 5 nitrogen and oxygen atoms in total. The minimum absolute atomic E-state index is 0.250. The Bertz CT molecular complexity index is 1150. The molecule has 0 radical (unpaired) electrons. The summed E-state index contributed by atoms with van der Waals surface area (Å²) in [5.41, 5.74) is 3.68. The van der Waals surface area contributed by atoms with Gasteiger partial charge in [-0.25, -0.2) is 9.37 Å². The fourth-order valence-corrected chi connectivity index (χ4v) is 3.10. The van der Waals surface area contributed by atoms with E-state index in [4.69, 9.17) is 4.74 Å². The van der Waals surface area contributed by atoms with Crippen molar-refractivity contribution in [1.82, 2.24) is 9.97 Å². The first-order valence-electron chi connectivity index (χ1n) is 9.29. The number of methoxy groups -OCH3 is 1. The highest BCUT2D eigenvalue weighted by atomic mass is 19.1. The molecular formula is C23H21FN4O. The number of benzene rings is 3. The van der Waals surface area contributed by atoms with E-state index in [9.17, 15) is 4.39 Å². The highest BCUT2D eigenvalue weighted by Crippen LogP contribution is 2.29. The number of nitrogens with one attached hydrogen (secondary N) is 2. The number of hydrogen-bond donors (Lipinski definition) is 2. The van der Waals surface area contributed by atoms with Crippen molar-refractivity contribution >= 4 is 28.4 Å². The Morgan fingerprint density at radius 1 is 0.966 bits per heavy atom. The molecule has 4 aromatic rings. The van der Waals surface area contributed by atoms with E-state index < -0.39 is 0 Å². The summed E-state index contributed by atoms with van der Waals surface area (Å²) in [6.45, 7) is 2.54. The summed E-state index contributed by atoms with van der Waals surface area (Å²) in [6.07, 6.45) is 0. The fourth-order valence-electron chi connectivity index (χ4n) is 3.10. The van der Waals surface area contributed by atoms with Crippen molar-refractivity contribution in [3.05, 3.63) is 83.7 Å². The molecule has 2 N–H and O–H groups in total. The molecule has 0 aliphatic carbocycles. The topological polar surface area (TPSA) is 59.1 Å². The number of nitrogens with zero attached hydrogens (tertiary/aromatic N) is 2. The van der Waals surface area contributed by atoms with Crippen LogP contribution in [0.2, 0.25) is 0 Å². The van der Waals surface area contributed by atoms with Crippen LogP contribution in [0.15, 0.2) is 66.7 Å². The van der Waals surface area contributed by atoms with Gasteiger partial charge in [-0.2, -0.15) is 4.98 Å². The summed E-state index contributed by atoms with van der Waals surface area (Å²) in [5.74, 6) is 1.64. The van der Waals surface area contributed by atoms with Gasteiger partial charge in [-0.3, -0.25) is 0 Å². The second-order valence-electron chi connectivity index (χ2n) is 6.72. The molecule has 0 atom stereocenters. The SMILES string of the molecule is COc1ccc(C)cc1Nc1nc(NCc2ccc(F)cc2)c2ccccc2n1. The normalized spacial score (nSPS) is 10.7. The third kappa shape index (κ3) is 4.27. The van der Waals surface area contributed by atoms with Gasteiger partial charge in [0.05, 0.1) is 18.3 Å². The molecule has 0 amide bonds. The first kappa shape index (κ1) is 18.7. The van der Waals surface area contributed by atoms with Crippen molar-refractivity contribution in [2.45, 2.75) is 13.5 Å². The molecule has 0 aliphatic heterocycles. The summed E-state index contributed by atoms with van der Waals surface area (Å²) >= 11 is 0. The van der Waals surface area contributed by atoms with E-state index in [-0.39, 0.29) is 5.82 Å². The minimum atomic E-state index is -0.250. The molecule has 0 saturated carbocycles. The van der Waals surface area contributed by atoms with Crippen molar-refractivity contribution in [3.8, 4) is 5.75 Å². The van der Waals surface area contributed by atoms with Gasteiger partial charge in [-0.05, 0) is 54.4 Å². The predicted molar refractivity (Wildman–Crippen MR) is 114 cm³/mol. The molecular weight excluding hydrogens is 367 g/mol. The van der Waals surface area contributed by atoms with Gasteiger partial charge < -0.3 is 15.4 Å². The lowest BCUT2D eigenvalue weighted by Crippen LogP contribution is -2.06. The number of para-hydroxylation sites is 1. The monoisotopic (exact) mass is 388 g/mol. The van der Waals surface area contributed by atoms with Crippen molar-refractivity contribution in [3.63, 3.8) is 0 Å². The predicted octanol–water partition coefficient (Wildman–Crippen LogP) is 5.44. The number of hydrogen-bond acceptors (Lipinski definition) is 5. The van der Waals surface area contributed by atoms with Crippen LogP contribution >= 0.6 is 0 Å². The Morgan fingerprint density at radius 3 is 2.55 bits per heavy atom. The minimum Gasteiger partial charge on any atom is -0.495 e. The van der Waals surface area contributed by atoms with E-state index in [1.807, 2.05) is 49.4 Å². The van der Waals surface area contributed by atoms with Crippen LogP contribution < -0.4 is 15.4 Å². The van der Waals surface area contributed by atoms with Gasteiger partial charge in [0.15, 0.2) is 0 Å². The lowest BCUT2D eigenvalue weighted by atomic mass is 10.2. The van der Waals surface area contributed by atoms with Gasteiger partial charge in [0.25, 0.3) is 0 Å². The molecule has 0 spiro atoms. The largest absolute Gasteiger partial charge is 0.495 e. The van der Waals surface area contributed by atoms with E-state index in [1.165, 1.54) is 12.1 Å². The highest BCUT2D eigenvalue weighted by Gasteiger charge is 2.10. The summed E-state index contributed by atoms with van der Waals surface area (Å²) in [5, 5.41) is 7.52. The van der Waals surface area contributed by atoms with Crippen molar-refractivity contribution in [2.75, 3.05) is 17.7 Å². The van der Waals surface area contributed by atoms with Gasteiger partial charge in [0.2, 0.25) is 5.95 Å². The molecule has 29 heavy (non-hydrogen) atoms. The van der Waals surface area contributed by atoms with Gasteiger partial charge in [0, 0.05) is 11.9 Å². The zero-order valence-electron chi connectivity index (χ0n) is 16.2. The van der Waals surface area contributed by atoms with E-state index in [1.54, 1.807) is 19.2 Å². The van der Waals surface area contributed by atoms with Crippen LogP contribution in [0.5, 0.6) is 5.75 Å². The Balaban J connectivity index is 1.67. The quantitative estimate of drug-likeness (QED) is 0.460. The first-order valence-corrected chi connectivity index (χ1v) is 9.29. The Kier molecular flexibility index (Phi) is 5.24. The first-order chi connectivity index (χ1) is 14.1. The van der Waals surface area contributed by atoms with Gasteiger partial charge >= 0.3 is 0 Å². The molecule has 0 fully saturated rings. The molecule has 0 saturated heterocycles. The van der Waals surface area contributed by atoms with E-state index >= 15 is 0 Å². The molecule has 6 heteroatoms. The number of aryl methyl sites for hydroxylation is 1. The van der Waals surface area contributed by atoms with Crippen molar-refractivity contribution in [1.29, 1.82) is 0 Å². The highest BCUT2D eigenvalue weighted by molar-refractivity contribution is 5.90. The third-order valence-electron chi connectivity index (χ3n) is 4.58. The smallest absolute Gasteiger partial charge is 0.229 e. The zero-order chi connectivity index (χ0) is 20.2. The van der Waals surface area contributed by atoms with E-state index in [2.05, 4.69) is 20.6 Å². The maximum Gasteiger partial charge on any atom is 0.229 e. The second-order valence-corrected chi connectivity index (χ2v) is 6.72. The average Bonchev–Trinajstić information content (AvgIpc) is 2.73. The maximum atomic E-state index is 13.1.